The second kappa shape index (κ2) is 9.10. The van der Waals surface area contributed by atoms with E-state index in [0.717, 1.165) is 22.2 Å². The zero-order valence-corrected chi connectivity index (χ0v) is 12.8. The highest BCUT2D eigenvalue weighted by Crippen LogP contribution is 2.24. The lowest BCUT2D eigenvalue weighted by atomic mass is 10.1. The molecule has 0 amide bonds. The van der Waals surface area contributed by atoms with Crippen molar-refractivity contribution in [3.05, 3.63) is 76.8 Å². The summed E-state index contributed by atoms with van der Waals surface area (Å²) in [6.07, 6.45) is 2.70. The summed E-state index contributed by atoms with van der Waals surface area (Å²) in [5, 5.41) is 0. The molecule has 0 atom stereocenters. The summed E-state index contributed by atoms with van der Waals surface area (Å²) in [7, 11) is 0. The highest BCUT2D eigenvalue weighted by molar-refractivity contribution is 9.10. The van der Waals surface area contributed by atoms with E-state index in [4.69, 9.17) is 9.53 Å². The third-order valence-corrected chi connectivity index (χ3v) is 3.12. The number of ether oxygens (including phenoxy) is 1. The molecule has 2 aromatic carbocycles. The molecule has 0 radical (unpaired) electrons. The van der Waals surface area contributed by atoms with Gasteiger partial charge in [0.2, 0.25) is 0 Å². The van der Waals surface area contributed by atoms with Gasteiger partial charge >= 0.3 is 0 Å². The molecule has 0 saturated carbocycles. The van der Waals surface area contributed by atoms with Gasteiger partial charge in [-0.05, 0) is 35.7 Å². The van der Waals surface area contributed by atoms with Crippen LogP contribution in [0.3, 0.4) is 0 Å². The highest BCUT2D eigenvalue weighted by atomic mass is 79.9. The van der Waals surface area contributed by atoms with Crippen LogP contribution in [-0.2, 0) is 17.8 Å². The number of carbonyl (C=O) groups excluding carboxylic acids is 1. The normalized spacial score (nSPS) is 9.25. The maximum atomic E-state index is 8.00. The monoisotopic (exact) mass is 332 g/mol. The molecule has 0 aliphatic rings. The van der Waals surface area contributed by atoms with Crippen molar-refractivity contribution in [1.82, 2.24) is 0 Å². The molecule has 0 heterocycles. The molecule has 20 heavy (non-hydrogen) atoms. The molecule has 0 bridgehead atoms. The van der Waals surface area contributed by atoms with Gasteiger partial charge in [0.25, 0.3) is 0 Å². The Bertz CT molecular complexity index is 538. The molecule has 104 valence electrons. The van der Waals surface area contributed by atoms with Gasteiger partial charge in [-0.15, -0.1) is 6.58 Å². The summed E-state index contributed by atoms with van der Waals surface area (Å²) in [6.45, 7) is 6.36. The average Bonchev–Trinajstić information content (AvgIpc) is 2.50. The summed E-state index contributed by atoms with van der Waals surface area (Å²) < 4.78 is 6.92. The minimum absolute atomic E-state index is 0.590. The summed E-state index contributed by atoms with van der Waals surface area (Å²) in [4.78, 5) is 8.00. The second-order valence-electron chi connectivity index (χ2n) is 4.02. The van der Waals surface area contributed by atoms with E-state index in [1.165, 1.54) is 5.56 Å². The largest absolute Gasteiger partial charge is 0.489 e. The van der Waals surface area contributed by atoms with Gasteiger partial charge in [0.05, 0.1) is 0 Å². The fourth-order valence-electron chi connectivity index (χ4n) is 1.74. The molecule has 0 N–H and O–H groups in total. The quantitative estimate of drug-likeness (QED) is 0.749. The van der Waals surface area contributed by atoms with Gasteiger partial charge in [-0.1, -0.05) is 52.3 Å². The molecule has 0 spiro atoms. The third-order valence-electron chi connectivity index (χ3n) is 2.62. The van der Waals surface area contributed by atoms with Crippen LogP contribution in [0, 0.1) is 0 Å². The van der Waals surface area contributed by atoms with Crippen molar-refractivity contribution < 1.29 is 9.53 Å². The van der Waals surface area contributed by atoms with E-state index in [2.05, 4.69) is 40.7 Å². The fourth-order valence-corrected chi connectivity index (χ4v) is 2.15. The Balaban J connectivity index is 0.000000956. The Labute approximate surface area is 128 Å². The van der Waals surface area contributed by atoms with E-state index in [0.29, 0.717) is 6.61 Å². The predicted molar refractivity (Wildman–Crippen MR) is 85.9 cm³/mol. The van der Waals surface area contributed by atoms with E-state index in [1.54, 1.807) is 0 Å². The van der Waals surface area contributed by atoms with Crippen LogP contribution in [0.5, 0.6) is 5.75 Å². The van der Waals surface area contributed by atoms with E-state index in [1.807, 2.05) is 43.2 Å². The first-order valence-electron chi connectivity index (χ1n) is 6.14. The predicted octanol–water partition coefficient (Wildman–Crippen LogP) is 4.57. The minimum Gasteiger partial charge on any atom is -0.489 e. The van der Waals surface area contributed by atoms with Crippen LogP contribution >= 0.6 is 15.9 Å². The molecule has 0 fully saturated rings. The van der Waals surface area contributed by atoms with Crippen LogP contribution in [0.2, 0.25) is 0 Å². The van der Waals surface area contributed by atoms with Crippen molar-refractivity contribution in [2.45, 2.75) is 13.0 Å². The van der Waals surface area contributed by atoms with Gasteiger partial charge in [0, 0.05) is 4.47 Å². The topological polar surface area (TPSA) is 26.3 Å². The van der Waals surface area contributed by atoms with Crippen molar-refractivity contribution in [1.29, 1.82) is 0 Å². The summed E-state index contributed by atoms with van der Waals surface area (Å²) in [6, 6.07) is 16.2. The highest BCUT2D eigenvalue weighted by Gasteiger charge is 2.03. The number of halogens is 1. The minimum atomic E-state index is 0.590. The van der Waals surface area contributed by atoms with Crippen LogP contribution in [0.25, 0.3) is 0 Å². The maximum absolute atomic E-state index is 8.00. The van der Waals surface area contributed by atoms with Crippen molar-refractivity contribution in [2.24, 2.45) is 0 Å². The molecule has 0 unspecified atom stereocenters. The van der Waals surface area contributed by atoms with Crippen molar-refractivity contribution in [2.75, 3.05) is 0 Å². The first-order chi connectivity index (χ1) is 9.79. The van der Waals surface area contributed by atoms with Gasteiger partial charge in [0.15, 0.2) is 0 Å². The van der Waals surface area contributed by atoms with E-state index in [9.17, 15) is 0 Å². The molecule has 0 aliphatic carbocycles. The number of allylic oxidation sites excluding steroid dienone is 1. The maximum Gasteiger partial charge on any atom is 0.123 e. The first-order valence-corrected chi connectivity index (χ1v) is 6.94. The molecule has 3 heteroatoms. The third kappa shape index (κ3) is 5.02. The van der Waals surface area contributed by atoms with E-state index in [-0.39, 0.29) is 0 Å². The Morgan fingerprint density at radius 3 is 2.45 bits per heavy atom. The Morgan fingerprint density at radius 2 is 1.80 bits per heavy atom. The standard InChI is InChI=1S/C16H15BrO.CH2O/c1-2-6-14-11-15(17)9-10-16(14)18-12-13-7-4-3-5-8-13;1-2/h2-5,7-11H,1,6,12H2;1H2. The Kier molecular flexibility index (Phi) is 7.36. The summed E-state index contributed by atoms with van der Waals surface area (Å²) in [5.41, 5.74) is 2.32. The van der Waals surface area contributed by atoms with Gasteiger partial charge < -0.3 is 9.53 Å². The van der Waals surface area contributed by atoms with E-state index >= 15 is 0 Å². The number of carbonyl (C=O) groups is 1. The second-order valence-corrected chi connectivity index (χ2v) is 4.93. The zero-order valence-electron chi connectivity index (χ0n) is 11.2. The van der Waals surface area contributed by atoms with Crippen LogP contribution in [0.1, 0.15) is 11.1 Å². The fraction of sp³-hybridized carbons (Fsp3) is 0.118. The number of hydrogen-bond acceptors (Lipinski definition) is 2. The lowest BCUT2D eigenvalue weighted by Gasteiger charge is -2.11. The Morgan fingerprint density at radius 1 is 1.10 bits per heavy atom. The summed E-state index contributed by atoms with van der Waals surface area (Å²) >= 11 is 3.47. The SMILES string of the molecule is C=CCc1cc(Br)ccc1OCc1ccccc1.C=O. The van der Waals surface area contributed by atoms with E-state index < -0.39 is 0 Å². The van der Waals surface area contributed by atoms with Crippen LogP contribution < -0.4 is 4.74 Å². The number of rotatable bonds is 5. The lowest BCUT2D eigenvalue weighted by Crippen LogP contribution is -1.98. The number of benzene rings is 2. The molecule has 0 aromatic heterocycles. The first kappa shape index (κ1) is 16.2. The molecule has 2 nitrogen and oxygen atoms in total. The van der Waals surface area contributed by atoms with Crippen molar-refractivity contribution in [3.8, 4) is 5.75 Å². The van der Waals surface area contributed by atoms with Crippen LogP contribution in [0.4, 0.5) is 0 Å². The molecular weight excluding hydrogens is 316 g/mol. The lowest BCUT2D eigenvalue weighted by molar-refractivity contribution is -0.0979. The molecule has 0 saturated heterocycles. The van der Waals surface area contributed by atoms with Crippen molar-refractivity contribution >= 4 is 22.7 Å². The van der Waals surface area contributed by atoms with Gasteiger partial charge in [-0.25, -0.2) is 0 Å². The molecule has 2 aromatic rings. The van der Waals surface area contributed by atoms with Crippen LogP contribution in [-0.4, -0.2) is 6.79 Å². The number of hydrogen-bond donors (Lipinski definition) is 0. The van der Waals surface area contributed by atoms with Gasteiger partial charge in [-0.3, -0.25) is 0 Å². The van der Waals surface area contributed by atoms with Gasteiger partial charge in [-0.2, -0.15) is 0 Å². The zero-order chi connectivity index (χ0) is 14.8. The smallest absolute Gasteiger partial charge is 0.123 e. The Hall–Kier alpha value is -1.87. The summed E-state index contributed by atoms with van der Waals surface area (Å²) in [5.74, 6) is 0.918. The van der Waals surface area contributed by atoms with Gasteiger partial charge in [0.1, 0.15) is 19.1 Å². The molecular formula is C17H17BrO2. The average molecular weight is 333 g/mol. The molecule has 2 rings (SSSR count). The van der Waals surface area contributed by atoms with Crippen LogP contribution in [0.15, 0.2) is 65.7 Å². The van der Waals surface area contributed by atoms with Crippen molar-refractivity contribution in [3.63, 3.8) is 0 Å². The molecule has 0 aliphatic heterocycles.